The minimum Gasteiger partial charge on any atom is -0.497 e. The van der Waals surface area contributed by atoms with E-state index in [1.165, 1.54) is 0 Å². The highest BCUT2D eigenvalue weighted by Crippen LogP contribution is 2.27. The van der Waals surface area contributed by atoms with E-state index in [0.717, 1.165) is 36.3 Å². The normalized spacial score (nSPS) is 16.4. The molecule has 3 rings (SSSR count). The van der Waals surface area contributed by atoms with Crippen molar-refractivity contribution < 1.29 is 14.3 Å². The van der Waals surface area contributed by atoms with Crippen molar-refractivity contribution in [2.45, 2.75) is 25.3 Å². The van der Waals surface area contributed by atoms with Gasteiger partial charge in [0, 0.05) is 38.2 Å². The van der Waals surface area contributed by atoms with Gasteiger partial charge in [-0.05, 0) is 48.2 Å². The fourth-order valence-electron chi connectivity index (χ4n) is 3.55. The number of nitrogens with zero attached hydrogens (tertiary/aromatic N) is 1. The SMILES string of the molecule is CNC(=O)N1CCC[C@@H](c2cccc(C(=O)NCc3ccc(OC)cc3)c2)C1. The molecule has 0 aromatic heterocycles. The summed E-state index contributed by atoms with van der Waals surface area (Å²) < 4.78 is 5.15. The van der Waals surface area contributed by atoms with E-state index in [1.54, 1.807) is 14.2 Å². The number of benzene rings is 2. The zero-order chi connectivity index (χ0) is 19.9. The number of likely N-dealkylation sites (tertiary alicyclic amines) is 1. The molecule has 1 atom stereocenters. The van der Waals surface area contributed by atoms with Crippen LogP contribution in [0.5, 0.6) is 5.75 Å². The lowest BCUT2D eigenvalue weighted by molar-refractivity contribution is 0.0950. The largest absolute Gasteiger partial charge is 0.497 e. The summed E-state index contributed by atoms with van der Waals surface area (Å²) in [6, 6.07) is 15.3. The molecule has 2 aromatic carbocycles. The number of carbonyl (C=O) groups is 2. The highest BCUT2D eigenvalue weighted by Gasteiger charge is 2.24. The number of ether oxygens (including phenoxy) is 1. The Labute approximate surface area is 165 Å². The molecule has 2 aromatic rings. The summed E-state index contributed by atoms with van der Waals surface area (Å²) in [5, 5.41) is 5.66. The van der Waals surface area contributed by atoms with Crippen molar-refractivity contribution in [3.05, 3.63) is 65.2 Å². The van der Waals surface area contributed by atoms with Crippen LogP contribution in [0.25, 0.3) is 0 Å². The van der Waals surface area contributed by atoms with Crippen LogP contribution in [-0.4, -0.2) is 44.1 Å². The van der Waals surface area contributed by atoms with E-state index in [-0.39, 0.29) is 17.9 Å². The van der Waals surface area contributed by atoms with Gasteiger partial charge >= 0.3 is 6.03 Å². The Bertz CT molecular complexity index is 820. The number of piperidine rings is 1. The van der Waals surface area contributed by atoms with E-state index in [0.29, 0.717) is 18.7 Å². The van der Waals surface area contributed by atoms with Crippen LogP contribution in [-0.2, 0) is 6.54 Å². The Balaban J connectivity index is 1.63. The molecule has 2 N–H and O–H groups in total. The molecule has 6 heteroatoms. The fourth-order valence-corrected chi connectivity index (χ4v) is 3.55. The molecular weight excluding hydrogens is 354 g/mol. The van der Waals surface area contributed by atoms with Crippen LogP contribution < -0.4 is 15.4 Å². The van der Waals surface area contributed by atoms with Gasteiger partial charge in [-0.1, -0.05) is 24.3 Å². The predicted molar refractivity (Wildman–Crippen MR) is 109 cm³/mol. The van der Waals surface area contributed by atoms with Crippen LogP contribution in [0.1, 0.15) is 40.2 Å². The molecule has 0 bridgehead atoms. The van der Waals surface area contributed by atoms with E-state index < -0.39 is 0 Å². The molecule has 28 heavy (non-hydrogen) atoms. The highest BCUT2D eigenvalue weighted by molar-refractivity contribution is 5.94. The van der Waals surface area contributed by atoms with Crippen molar-refractivity contribution in [1.29, 1.82) is 0 Å². The van der Waals surface area contributed by atoms with Gasteiger partial charge in [0.25, 0.3) is 5.91 Å². The number of methoxy groups -OCH3 is 1. The summed E-state index contributed by atoms with van der Waals surface area (Å²) in [7, 11) is 3.28. The molecule has 0 aliphatic carbocycles. The van der Waals surface area contributed by atoms with Crippen molar-refractivity contribution in [3.8, 4) is 5.75 Å². The third kappa shape index (κ3) is 4.82. The van der Waals surface area contributed by atoms with Gasteiger partial charge in [0.15, 0.2) is 0 Å². The van der Waals surface area contributed by atoms with Gasteiger partial charge < -0.3 is 20.3 Å². The number of amides is 3. The maximum absolute atomic E-state index is 12.6. The van der Waals surface area contributed by atoms with Gasteiger partial charge in [0.1, 0.15) is 5.75 Å². The molecular formula is C22H27N3O3. The van der Waals surface area contributed by atoms with Crippen molar-refractivity contribution in [2.75, 3.05) is 27.2 Å². The number of urea groups is 1. The lowest BCUT2D eigenvalue weighted by atomic mass is 9.89. The molecule has 1 saturated heterocycles. The molecule has 148 valence electrons. The van der Waals surface area contributed by atoms with E-state index in [1.807, 2.05) is 53.4 Å². The molecule has 1 aliphatic heterocycles. The monoisotopic (exact) mass is 381 g/mol. The Morgan fingerprint density at radius 3 is 2.68 bits per heavy atom. The fraction of sp³-hybridized carbons (Fsp3) is 0.364. The van der Waals surface area contributed by atoms with Crippen LogP contribution in [0, 0.1) is 0 Å². The Morgan fingerprint density at radius 1 is 1.18 bits per heavy atom. The van der Waals surface area contributed by atoms with Crippen molar-refractivity contribution in [1.82, 2.24) is 15.5 Å². The van der Waals surface area contributed by atoms with Crippen molar-refractivity contribution >= 4 is 11.9 Å². The molecule has 0 unspecified atom stereocenters. The average Bonchev–Trinajstić information content (AvgIpc) is 2.77. The quantitative estimate of drug-likeness (QED) is 0.836. The zero-order valence-corrected chi connectivity index (χ0v) is 16.4. The summed E-state index contributed by atoms with van der Waals surface area (Å²) >= 11 is 0. The third-order valence-corrected chi connectivity index (χ3v) is 5.15. The first kappa shape index (κ1) is 19.7. The Kier molecular flexibility index (Phi) is 6.53. The summed E-state index contributed by atoms with van der Waals surface area (Å²) in [6.45, 7) is 1.91. The lowest BCUT2D eigenvalue weighted by Crippen LogP contribution is -2.43. The van der Waals surface area contributed by atoms with E-state index in [4.69, 9.17) is 4.74 Å². The van der Waals surface area contributed by atoms with Crippen LogP contribution >= 0.6 is 0 Å². The summed E-state index contributed by atoms with van der Waals surface area (Å²) in [6.07, 6.45) is 1.98. The maximum Gasteiger partial charge on any atom is 0.317 e. The zero-order valence-electron chi connectivity index (χ0n) is 16.4. The van der Waals surface area contributed by atoms with Crippen LogP contribution in [0.2, 0.25) is 0 Å². The first-order valence-electron chi connectivity index (χ1n) is 9.58. The molecule has 0 spiro atoms. The van der Waals surface area contributed by atoms with E-state index in [9.17, 15) is 9.59 Å². The minimum absolute atomic E-state index is 0.0434. The Hall–Kier alpha value is -3.02. The lowest BCUT2D eigenvalue weighted by Gasteiger charge is -2.32. The number of carbonyl (C=O) groups excluding carboxylic acids is 2. The van der Waals surface area contributed by atoms with Gasteiger partial charge in [-0.25, -0.2) is 4.79 Å². The standard InChI is InChI=1S/C22H27N3O3/c1-23-22(27)25-12-4-7-19(15-25)17-5-3-6-18(13-17)21(26)24-14-16-8-10-20(28-2)11-9-16/h3,5-6,8-11,13,19H,4,7,12,14-15H2,1-2H3,(H,23,27)(H,24,26)/t19-/m1/s1. The molecule has 3 amide bonds. The van der Waals surface area contributed by atoms with Gasteiger partial charge in [0.05, 0.1) is 7.11 Å². The molecule has 1 fully saturated rings. The van der Waals surface area contributed by atoms with Gasteiger partial charge in [-0.3, -0.25) is 4.79 Å². The number of hydrogen-bond donors (Lipinski definition) is 2. The first-order chi connectivity index (χ1) is 13.6. The molecule has 1 heterocycles. The minimum atomic E-state index is -0.100. The van der Waals surface area contributed by atoms with E-state index in [2.05, 4.69) is 10.6 Å². The number of nitrogens with one attached hydrogen (secondary N) is 2. The third-order valence-electron chi connectivity index (χ3n) is 5.15. The summed E-state index contributed by atoms with van der Waals surface area (Å²) in [4.78, 5) is 26.3. The molecule has 6 nitrogen and oxygen atoms in total. The van der Waals surface area contributed by atoms with Crippen LogP contribution in [0.15, 0.2) is 48.5 Å². The van der Waals surface area contributed by atoms with Crippen molar-refractivity contribution in [3.63, 3.8) is 0 Å². The second-order valence-corrected chi connectivity index (χ2v) is 7.00. The predicted octanol–water partition coefficient (Wildman–Crippen LogP) is 3.14. The summed E-state index contributed by atoms with van der Waals surface area (Å²) in [5.74, 6) is 0.943. The van der Waals surface area contributed by atoms with Crippen LogP contribution in [0.4, 0.5) is 4.79 Å². The second kappa shape index (κ2) is 9.26. The number of rotatable bonds is 5. The number of hydrogen-bond acceptors (Lipinski definition) is 3. The van der Waals surface area contributed by atoms with Gasteiger partial charge in [-0.15, -0.1) is 0 Å². The Morgan fingerprint density at radius 2 is 1.96 bits per heavy atom. The van der Waals surface area contributed by atoms with Crippen molar-refractivity contribution in [2.24, 2.45) is 0 Å². The first-order valence-corrected chi connectivity index (χ1v) is 9.58. The van der Waals surface area contributed by atoms with E-state index >= 15 is 0 Å². The molecule has 0 radical (unpaired) electrons. The van der Waals surface area contributed by atoms with Gasteiger partial charge in [0.2, 0.25) is 0 Å². The van der Waals surface area contributed by atoms with Crippen LogP contribution in [0.3, 0.4) is 0 Å². The second-order valence-electron chi connectivity index (χ2n) is 7.00. The van der Waals surface area contributed by atoms with Gasteiger partial charge in [-0.2, -0.15) is 0 Å². The topological polar surface area (TPSA) is 70.7 Å². The smallest absolute Gasteiger partial charge is 0.317 e. The average molecular weight is 381 g/mol. The highest BCUT2D eigenvalue weighted by atomic mass is 16.5. The summed E-state index contributed by atoms with van der Waals surface area (Å²) in [5.41, 5.74) is 2.76. The molecule has 1 aliphatic rings. The molecule has 0 saturated carbocycles. The maximum atomic E-state index is 12.6.